The number of methoxy groups -OCH3 is 2. The maximum atomic E-state index is 13.3. The summed E-state index contributed by atoms with van der Waals surface area (Å²) in [7, 11) is -0.717. The molecule has 0 radical (unpaired) electrons. The first kappa shape index (κ1) is 22.6. The van der Waals surface area contributed by atoms with E-state index in [0.717, 1.165) is 5.56 Å². The van der Waals surface area contributed by atoms with E-state index in [2.05, 4.69) is 5.32 Å². The Morgan fingerprint density at radius 1 is 1.29 bits per heavy atom. The van der Waals surface area contributed by atoms with Crippen LogP contribution in [0.1, 0.15) is 45.1 Å². The molecule has 0 bridgehead atoms. The fraction of sp³-hybridized carbons (Fsp3) is 0.650. The molecule has 1 amide bonds. The van der Waals surface area contributed by atoms with Gasteiger partial charge in [0.2, 0.25) is 15.9 Å². The van der Waals surface area contributed by atoms with Gasteiger partial charge in [0, 0.05) is 26.2 Å². The van der Waals surface area contributed by atoms with Gasteiger partial charge in [0.25, 0.3) is 0 Å². The van der Waals surface area contributed by atoms with Gasteiger partial charge in [0.05, 0.1) is 19.6 Å². The summed E-state index contributed by atoms with van der Waals surface area (Å²) in [5.74, 6) is 0.0150. The van der Waals surface area contributed by atoms with E-state index in [-0.39, 0.29) is 35.2 Å². The van der Waals surface area contributed by atoms with Crippen molar-refractivity contribution in [1.29, 1.82) is 0 Å². The van der Waals surface area contributed by atoms with Crippen LogP contribution < -0.4 is 10.1 Å². The molecule has 0 aliphatic carbocycles. The number of rotatable bonds is 8. The Bertz CT molecular complexity index is 779. The highest BCUT2D eigenvalue weighted by molar-refractivity contribution is 7.89. The number of sulfonamides is 1. The minimum atomic E-state index is -3.76. The Labute approximate surface area is 168 Å². The number of piperidine rings is 1. The van der Waals surface area contributed by atoms with Crippen LogP contribution in [0.25, 0.3) is 0 Å². The van der Waals surface area contributed by atoms with Crippen molar-refractivity contribution >= 4 is 15.9 Å². The Balaban J connectivity index is 2.24. The van der Waals surface area contributed by atoms with Crippen LogP contribution in [0.15, 0.2) is 23.1 Å². The van der Waals surface area contributed by atoms with Crippen molar-refractivity contribution in [2.75, 3.05) is 33.9 Å². The third kappa shape index (κ3) is 5.24. The highest BCUT2D eigenvalue weighted by Crippen LogP contribution is 2.32. The van der Waals surface area contributed by atoms with Gasteiger partial charge >= 0.3 is 0 Å². The molecule has 2 atom stereocenters. The van der Waals surface area contributed by atoms with Gasteiger partial charge in [-0.25, -0.2) is 8.42 Å². The summed E-state index contributed by atoms with van der Waals surface area (Å²) < 4.78 is 38.4. The van der Waals surface area contributed by atoms with Crippen molar-refractivity contribution in [3.05, 3.63) is 23.8 Å². The molecule has 28 heavy (non-hydrogen) atoms. The first-order valence-corrected chi connectivity index (χ1v) is 11.1. The highest BCUT2D eigenvalue weighted by atomic mass is 32.2. The number of carbonyl (C=O) groups is 1. The van der Waals surface area contributed by atoms with Gasteiger partial charge in [-0.05, 0) is 43.4 Å². The standard InChI is InChI=1S/C20H32N2O5S/c1-14(2)16-8-9-18(27-5)19(11-16)28(24,25)22-10-6-7-17(12-22)20(23)21-15(3)13-26-4/h8-9,11,14-15,17H,6-7,10,12-13H2,1-5H3,(H,21,23)/t15-,17+/m1/s1. The minimum absolute atomic E-state index is 0.118. The van der Waals surface area contributed by atoms with Gasteiger partial charge in [0.1, 0.15) is 10.6 Å². The molecule has 0 spiro atoms. The monoisotopic (exact) mass is 412 g/mol. The molecule has 8 heteroatoms. The van der Waals surface area contributed by atoms with Crippen LogP contribution >= 0.6 is 0 Å². The average molecular weight is 413 g/mol. The van der Waals surface area contributed by atoms with E-state index in [1.165, 1.54) is 11.4 Å². The van der Waals surface area contributed by atoms with Crippen LogP contribution in [0.5, 0.6) is 5.75 Å². The number of nitrogens with zero attached hydrogens (tertiary/aromatic N) is 1. The van der Waals surface area contributed by atoms with Crippen molar-refractivity contribution < 1.29 is 22.7 Å². The predicted molar refractivity (Wildman–Crippen MR) is 108 cm³/mol. The first-order chi connectivity index (χ1) is 13.2. The van der Waals surface area contributed by atoms with Crippen LogP contribution in [0, 0.1) is 5.92 Å². The Morgan fingerprint density at radius 3 is 2.61 bits per heavy atom. The second kappa shape index (κ2) is 9.71. The Kier molecular flexibility index (Phi) is 7.86. The molecule has 0 unspecified atom stereocenters. The van der Waals surface area contributed by atoms with Crippen LogP contribution in [0.4, 0.5) is 0 Å². The van der Waals surface area contributed by atoms with Gasteiger partial charge in [-0.1, -0.05) is 19.9 Å². The molecule has 1 heterocycles. The van der Waals surface area contributed by atoms with E-state index < -0.39 is 10.0 Å². The summed E-state index contributed by atoms with van der Waals surface area (Å²) in [6.07, 6.45) is 1.31. The van der Waals surface area contributed by atoms with Crippen LogP contribution in [0.3, 0.4) is 0 Å². The molecule has 2 rings (SSSR count). The fourth-order valence-corrected chi connectivity index (χ4v) is 5.13. The second-order valence-corrected chi connectivity index (χ2v) is 9.54. The molecular formula is C20H32N2O5S. The lowest BCUT2D eigenvalue weighted by atomic mass is 9.98. The van der Waals surface area contributed by atoms with Crippen molar-refractivity contribution in [3.63, 3.8) is 0 Å². The van der Waals surface area contributed by atoms with Gasteiger partial charge in [-0.15, -0.1) is 0 Å². The summed E-state index contributed by atoms with van der Waals surface area (Å²) in [6.45, 7) is 6.87. The van der Waals surface area contributed by atoms with Crippen molar-refractivity contribution in [2.45, 2.75) is 50.5 Å². The summed E-state index contributed by atoms with van der Waals surface area (Å²) in [4.78, 5) is 12.7. The lowest BCUT2D eigenvalue weighted by Gasteiger charge is -2.32. The molecule has 1 fully saturated rings. The molecule has 7 nitrogen and oxygen atoms in total. The van der Waals surface area contributed by atoms with Gasteiger partial charge in [-0.3, -0.25) is 4.79 Å². The summed E-state index contributed by atoms with van der Waals surface area (Å²) in [5.41, 5.74) is 0.930. The number of hydrogen-bond acceptors (Lipinski definition) is 5. The molecule has 1 aromatic carbocycles. The van der Waals surface area contributed by atoms with Crippen molar-refractivity contribution in [3.8, 4) is 5.75 Å². The molecule has 1 aromatic rings. The van der Waals surface area contributed by atoms with E-state index in [0.29, 0.717) is 31.7 Å². The number of hydrogen-bond donors (Lipinski definition) is 1. The Morgan fingerprint density at radius 2 is 2.00 bits per heavy atom. The van der Waals surface area contributed by atoms with E-state index >= 15 is 0 Å². The largest absolute Gasteiger partial charge is 0.495 e. The first-order valence-electron chi connectivity index (χ1n) is 9.68. The zero-order valence-electron chi connectivity index (χ0n) is 17.4. The smallest absolute Gasteiger partial charge is 0.246 e. The second-order valence-electron chi connectivity index (χ2n) is 7.63. The van der Waals surface area contributed by atoms with Gasteiger partial charge in [0.15, 0.2) is 0 Å². The number of amides is 1. The summed E-state index contributed by atoms with van der Waals surface area (Å²) in [5, 5.41) is 2.90. The lowest BCUT2D eigenvalue weighted by molar-refractivity contribution is -0.127. The third-order valence-electron chi connectivity index (χ3n) is 5.03. The summed E-state index contributed by atoms with van der Waals surface area (Å²) >= 11 is 0. The van der Waals surface area contributed by atoms with Crippen molar-refractivity contribution in [1.82, 2.24) is 9.62 Å². The zero-order valence-corrected chi connectivity index (χ0v) is 18.2. The normalized spacial score (nSPS) is 19.4. The van der Waals surface area contributed by atoms with Crippen molar-refractivity contribution in [2.24, 2.45) is 5.92 Å². The number of benzene rings is 1. The van der Waals surface area contributed by atoms with E-state index in [4.69, 9.17) is 9.47 Å². The van der Waals surface area contributed by atoms with Crippen LogP contribution in [-0.2, 0) is 19.6 Å². The summed E-state index contributed by atoms with van der Waals surface area (Å²) in [6, 6.07) is 5.14. The SMILES string of the molecule is COC[C@@H](C)NC(=O)[C@H]1CCCN(S(=O)(=O)c2cc(C(C)C)ccc2OC)C1. The number of ether oxygens (including phenoxy) is 2. The molecule has 1 aliphatic heterocycles. The lowest BCUT2D eigenvalue weighted by Crippen LogP contribution is -2.47. The number of carbonyl (C=O) groups excluding carboxylic acids is 1. The molecule has 0 aromatic heterocycles. The van der Waals surface area contributed by atoms with E-state index in [9.17, 15) is 13.2 Å². The molecular weight excluding hydrogens is 380 g/mol. The van der Waals surface area contributed by atoms with E-state index in [1.54, 1.807) is 19.2 Å². The minimum Gasteiger partial charge on any atom is -0.495 e. The third-order valence-corrected chi connectivity index (χ3v) is 6.92. The van der Waals surface area contributed by atoms with Crippen LogP contribution in [-0.4, -0.2) is 58.6 Å². The molecule has 1 aliphatic rings. The predicted octanol–water partition coefficient (Wildman–Crippen LogP) is 2.37. The maximum Gasteiger partial charge on any atom is 0.246 e. The molecule has 1 N–H and O–H groups in total. The fourth-order valence-electron chi connectivity index (χ4n) is 3.42. The zero-order chi connectivity index (χ0) is 20.9. The Hall–Kier alpha value is -1.64. The average Bonchev–Trinajstić information content (AvgIpc) is 2.67. The maximum absolute atomic E-state index is 13.3. The highest BCUT2D eigenvalue weighted by Gasteiger charge is 2.35. The molecule has 1 saturated heterocycles. The van der Waals surface area contributed by atoms with Crippen LogP contribution in [0.2, 0.25) is 0 Å². The number of nitrogens with one attached hydrogen (secondary N) is 1. The quantitative estimate of drug-likeness (QED) is 0.709. The van der Waals surface area contributed by atoms with Gasteiger partial charge in [-0.2, -0.15) is 4.31 Å². The van der Waals surface area contributed by atoms with E-state index in [1.807, 2.05) is 26.8 Å². The molecule has 158 valence electrons. The molecule has 0 saturated carbocycles. The topological polar surface area (TPSA) is 84.9 Å². The van der Waals surface area contributed by atoms with Gasteiger partial charge < -0.3 is 14.8 Å².